The van der Waals surface area contributed by atoms with E-state index in [0.29, 0.717) is 6.61 Å². The molecule has 0 saturated heterocycles. The second-order valence-corrected chi connectivity index (χ2v) is 7.25. The molecule has 2 aromatic carbocycles. The molecule has 0 aliphatic carbocycles. The van der Waals surface area contributed by atoms with Crippen molar-refractivity contribution in [2.24, 2.45) is 0 Å². The van der Waals surface area contributed by atoms with Crippen LogP contribution in [0.25, 0.3) is 0 Å². The highest BCUT2D eigenvalue weighted by Crippen LogP contribution is 2.29. The maximum atomic E-state index is 11.4. The van der Waals surface area contributed by atoms with Gasteiger partial charge in [-0.1, -0.05) is 35.5 Å². The second-order valence-electron chi connectivity index (χ2n) is 4.87. The van der Waals surface area contributed by atoms with E-state index in [0.717, 1.165) is 25.3 Å². The Kier molecular flexibility index (Phi) is 5.70. The minimum Gasteiger partial charge on any atom is -0.489 e. The molecule has 0 bridgehead atoms. The van der Waals surface area contributed by atoms with E-state index in [-0.39, 0.29) is 5.12 Å². The van der Waals surface area contributed by atoms with Gasteiger partial charge in [0.15, 0.2) is 5.12 Å². The number of rotatable bonds is 4. The van der Waals surface area contributed by atoms with Crippen LogP contribution in [0.15, 0.2) is 41.3 Å². The number of carbonyl (C=O) groups excluding carboxylic acids is 1. The summed E-state index contributed by atoms with van der Waals surface area (Å²) in [4.78, 5) is 12.3. The third-order valence-electron chi connectivity index (χ3n) is 3.03. The Labute approximate surface area is 143 Å². The van der Waals surface area contributed by atoms with Crippen LogP contribution in [0.4, 0.5) is 0 Å². The Balaban J connectivity index is 2.21. The van der Waals surface area contributed by atoms with Crippen molar-refractivity contribution in [3.05, 3.63) is 56.7 Å². The van der Waals surface area contributed by atoms with Gasteiger partial charge in [0.05, 0.1) is 0 Å². The fourth-order valence-corrected chi connectivity index (χ4v) is 3.63. The lowest BCUT2D eigenvalue weighted by atomic mass is 10.1. The molecule has 2 aromatic rings. The molecular formula is C17H17IO2S. The van der Waals surface area contributed by atoms with Crippen molar-refractivity contribution in [2.75, 3.05) is 0 Å². The lowest BCUT2D eigenvalue weighted by Gasteiger charge is -2.13. The maximum Gasteiger partial charge on any atom is 0.190 e. The van der Waals surface area contributed by atoms with E-state index in [1.165, 1.54) is 17.3 Å². The largest absolute Gasteiger partial charge is 0.489 e. The molecule has 21 heavy (non-hydrogen) atoms. The predicted molar refractivity (Wildman–Crippen MR) is 95.9 cm³/mol. The summed E-state index contributed by atoms with van der Waals surface area (Å²) < 4.78 is 7.07. The van der Waals surface area contributed by atoms with Gasteiger partial charge in [0.2, 0.25) is 0 Å². The SMILES string of the molecule is CC(=O)Sc1cccc(I)c1COc1ccc(C)cc1C. The molecule has 0 radical (unpaired) electrons. The van der Waals surface area contributed by atoms with Gasteiger partial charge < -0.3 is 4.74 Å². The molecule has 0 aromatic heterocycles. The van der Waals surface area contributed by atoms with Crippen LogP contribution in [0, 0.1) is 17.4 Å². The molecule has 0 amide bonds. The summed E-state index contributed by atoms with van der Waals surface area (Å²) in [6, 6.07) is 12.1. The monoisotopic (exact) mass is 412 g/mol. The van der Waals surface area contributed by atoms with Crippen molar-refractivity contribution < 1.29 is 9.53 Å². The number of hydrogen-bond donors (Lipinski definition) is 0. The van der Waals surface area contributed by atoms with Crippen LogP contribution in [-0.2, 0) is 11.4 Å². The lowest BCUT2D eigenvalue weighted by molar-refractivity contribution is -0.109. The quantitative estimate of drug-likeness (QED) is 0.515. The zero-order chi connectivity index (χ0) is 15.4. The molecule has 0 atom stereocenters. The zero-order valence-corrected chi connectivity index (χ0v) is 15.2. The van der Waals surface area contributed by atoms with Gasteiger partial charge in [0, 0.05) is 21.0 Å². The molecule has 0 fully saturated rings. The normalized spacial score (nSPS) is 10.5. The fourth-order valence-electron chi connectivity index (χ4n) is 2.04. The molecule has 0 aliphatic rings. The Bertz CT molecular complexity index is 668. The summed E-state index contributed by atoms with van der Waals surface area (Å²) in [7, 11) is 0. The van der Waals surface area contributed by atoms with Crippen molar-refractivity contribution >= 4 is 39.5 Å². The van der Waals surface area contributed by atoms with E-state index in [9.17, 15) is 4.79 Å². The van der Waals surface area contributed by atoms with E-state index in [2.05, 4.69) is 35.6 Å². The first-order valence-electron chi connectivity index (χ1n) is 6.63. The molecule has 2 nitrogen and oxygen atoms in total. The van der Waals surface area contributed by atoms with Gasteiger partial charge in [0.1, 0.15) is 12.4 Å². The van der Waals surface area contributed by atoms with Crippen molar-refractivity contribution in [2.45, 2.75) is 32.3 Å². The molecule has 0 unspecified atom stereocenters. The number of halogens is 1. The number of carbonyl (C=O) groups is 1. The molecule has 2 rings (SSSR count). The fraction of sp³-hybridized carbons (Fsp3) is 0.235. The number of ether oxygens (including phenoxy) is 1. The summed E-state index contributed by atoms with van der Waals surface area (Å²) in [5.74, 6) is 0.888. The maximum absolute atomic E-state index is 11.4. The van der Waals surface area contributed by atoms with Crippen molar-refractivity contribution in [3.63, 3.8) is 0 Å². The predicted octanol–water partition coefficient (Wildman–Crippen LogP) is 5.13. The minimum atomic E-state index is 0.0877. The Morgan fingerprint density at radius 1 is 1.24 bits per heavy atom. The smallest absolute Gasteiger partial charge is 0.190 e. The van der Waals surface area contributed by atoms with Gasteiger partial charge >= 0.3 is 0 Å². The molecule has 0 heterocycles. The molecule has 4 heteroatoms. The third kappa shape index (κ3) is 4.48. The second kappa shape index (κ2) is 7.31. The van der Waals surface area contributed by atoms with Gasteiger partial charge in [0.25, 0.3) is 0 Å². The Morgan fingerprint density at radius 3 is 2.67 bits per heavy atom. The first-order chi connectivity index (χ1) is 9.97. The molecule has 0 aliphatic heterocycles. The Morgan fingerprint density at radius 2 is 2.00 bits per heavy atom. The molecular weight excluding hydrogens is 395 g/mol. The van der Waals surface area contributed by atoms with Gasteiger partial charge in [-0.25, -0.2) is 0 Å². The van der Waals surface area contributed by atoms with E-state index in [1.54, 1.807) is 6.92 Å². The summed E-state index contributed by atoms with van der Waals surface area (Å²) in [5, 5.41) is 0.0877. The van der Waals surface area contributed by atoms with Gasteiger partial charge in [-0.15, -0.1) is 0 Å². The lowest BCUT2D eigenvalue weighted by Crippen LogP contribution is -2.02. The average Bonchev–Trinajstić information content (AvgIpc) is 2.39. The highest BCUT2D eigenvalue weighted by Gasteiger charge is 2.11. The van der Waals surface area contributed by atoms with Crippen molar-refractivity contribution in [3.8, 4) is 5.75 Å². The summed E-state index contributed by atoms with van der Waals surface area (Å²) in [6.45, 7) is 6.17. The van der Waals surface area contributed by atoms with Crippen molar-refractivity contribution in [1.29, 1.82) is 0 Å². The first kappa shape index (κ1) is 16.4. The van der Waals surface area contributed by atoms with Crippen LogP contribution < -0.4 is 4.74 Å². The third-order valence-corrected chi connectivity index (χ3v) is 4.93. The topological polar surface area (TPSA) is 26.3 Å². The van der Waals surface area contributed by atoms with Gasteiger partial charge in [-0.2, -0.15) is 0 Å². The van der Waals surface area contributed by atoms with Crippen LogP contribution in [0.3, 0.4) is 0 Å². The van der Waals surface area contributed by atoms with E-state index >= 15 is 0 Å². The van der Waals surface area contributed by atoms with Crippen LogP contribution in [0.5, 0.6) is 5.75 Å². The summed E-state index contributed by atoms with van der Waals surface area (Å²) in [5.41, 5.74) is 3.42. The number of thioether (sulfide) groups is 1. The molecule has 110 valence electrons. The molecule has 0 saturated carbocycles. The van der Waals surface area contributed by atoms with E-state index in [4.69, 9.17) is 4.74 Å². The van der Waals surface area contributed by atoms with Crippen molar-refractivity contribution in [1.82, 2.24) is 0 Å². The van der Waals surface area contributed by atoms with Gasteiger partial charge in [-0.3, -0.25) is 4.79 Å². The minimum absolute atomic E-state index is 0.0877. The average molecular weight is 412 g/mol. The summed E-state index contributed by atoms with van der Waals surface area (Å²) >= 11 is 3.54. The number of benzene rings is 2. The zero-order valence-electron chi connectivity index (χ0n) is 12.3. The highest BCUT2D eigenvalue weighted by molar-refractivity contribution is 14.1. The van der Waals surface area contributed by atoms with Crippen LogP contribution in [-0.4, -0.2) is 5.12 Å². The van der Waals surface area contributed by atoms with Crippen LogP contribution in [0.2, 0.25) is 0 Å². The van der Waals surface area contributed by atoms with E-state index in [1.807, 2.05) is 37.3 Å². The summed E-state index contributed by atoms with van der Waals surface area (Å²) in [6.07, 6.45) is 0. The molecule has 0 spiro atoms. The standard InChI is InChI=1S/C17H17IO2S/c1-11-7-8-16(12(2)9-11)20-10-14-15(18)5-4-6-17(14)21-13(3)19/h4-9H,10H2,1-3H3. The first-order valence-corrected chi connectivity index (χ1v) is 8.53. The van der Waals surface area contributed by atoms with E-state index < -0.39 is 0 Å². The molecule has 0 N–H and O–H groups in total. The van der Waals surface area contributed by atoms with Crippen LogP contribution in [0.1, 0.15) is 23.6 Å². The number of aryl methyl sites for hydroxylation is 2. The highest BCUT2D eigenvalue weighted by atomic mass is 127. The Hall–Kier alpha value is -1.01. The number of hydrogen-bond acceptors (Lipinski definition) is 3. The van der Waals surface area contributed by atoms with Gasteiger partial charge in [-0.05, 0) is 60.2 Å². The van der Waals surface area contributed by atoms with Crippen LogP contribution >= 0.6 is 34.4 Å².